The van der Waals surface area contributed by atoms with Gasteiger partial charge in [0.1, 0.15) is 5.78 Å². The molecule has 176 valence electrons. The summed E-state index contributed by atoms with van der Waals surface area (Å²) < 4.78 is 10.7. The van der Waals surface area contributed by atoms with E-state index in [4.69, 9.17) is 20.3 Å². The maximum atomic E-state index is 12.6. The molecule has 12 heteroatoms. The number of rotatable bonds is 18. The smallest absolute Gasteiger partial charge is 0.548 e. The molecule has 0 aliphatic rings. The van der Waals surface area contributed by atoms with Crippen molar-refractivity contribution in [1.29, 1.82) is 0 Å². The summed E-state index contributed by atoms with van der Waals surface area (Å²) in [5.41, 5.74) is 11.1. The molecule has 0 saturated carbocycles. The van der Waals surface area contributed by atoms with Gasteiger partial charge in [0, 0.05) is 58.7 Å². The van der Waals surface area contributed by atoms with Crippen LogP contribution in [0.1, 0.15) is 51.9 Å². The van der Waals surface area contributed by atoms with Crippen molar-refractivity contribution < 1.29 is 63.0 Å². The van der Waals surface area contributed by atoms with Gasteiger partial charge < -0.3 is 40.2 Å². The van der Waals surface area contributed by atoms with Gasteiger partial charge in [-0.1, -0.05) is 0 Å². The van der Waals surface area contributed by atoms with Crippen LogP contribution in [0, 0.1) is 0 Å². The first-order valence-electron chi connectivity index (χ1n) is 10.3. The number of hydrogen-bond donors (Lipinski definition) is 3. The summed E-state index contributed by atoms with van der Waals surface area (Å²) in [4.78, 5) is 36.9. The van der Waals surface area contributed by atoms with Gasteiger partial charge in [-0.25, -0.2) is 0 Å². The minimum absolute atomic E-state index is 0. The Morgan fingerprint density at radius 1 is 1.03 bits per heavy atom. The molecule has 0 heterocycles. The molecule has 10 nitrogen and oxygen atoms in total. The molecule has 0 aliphatic carbocycles. The number of aliphatic carboxylic acids is 1. The van der Waals surface area contributed by atoms with Crippen molar-refractivity contribution in [3.63, 3.8) is 0 Å². The van der Waals surface area contributed by atoms with Crippen molar-refractivity contribution in [2.45, 2.75) is 70.0 Å². The molecule has 31 heavy (non-hydrogen) atoms. The normalized spacial score (nSPS) is 13.2. The number of amides is 1. The second-order valence-electron chi connectivity index (χ2n) is 7.58. The first-order chi connectivity index (χ1) is 14.1. The molecule has 0 aromatic carbocycles. The third kappa shape index (κ3) is 14.4. The van der Waals surface area contributed by atoms with Crippen LogP contribution < -0.4 is 46.1 Å². The van der Waals surface area contributed by atoms with Crippen LogP contribution in [0.5, 0.6) is 0 Å². The molecule has 0 aliphatic heterocycles. The van der Waals surface area contributed by atoms with E-state index < -0.39 is 20.6 Å². The van der Waals surface area contributed by atoms with Gasteiger partial charge in [-0.3, -0.25) is 9.59 Å². The van der Waals surface area contributed by atoms with Crippen molar-refractivity contribution in [2.24, 2.45) is 11.5 Å². The molecule has 1 amide bonds. The first kappa shape index (κ1) is 32.8. The summed E-state index contributed by atoms with van der Waals surface area (Å²) in [7, 11) is 0.285. The van der Waals surface area contributed by atoms with Crippen LogP contribution in [0.3, 0.4) is 0 Å². The van der Waals surface area contributed by atoms with E-state index in [1.807, 2.05) is 6.92 Å². The van der Waals surface area contributed by atoms with Crippen molar-refractivity contribution >= 4 is 26.2 Å². The first-order valence-corrected chi connectivity index (χ1v) is 12.6. The minimum atomic E-state index is -2.70. The van der Waals surface area contributed by atoms with Crippen molar-refractivity contribution in [3.8, 4) is 0 Å². The molecule has 2 unspecified atom stereocenters. The number of carboxylic acids is 1. The summed E-state index contributed by atoms with van der Waals surface area (Å²) >= 11 is 0. The fraction of sp³-hybridized carbons (Fsp3) is 0.842. The van der Waals surface area contributed by atoms with Crippen molar-refractivity contribution in [1.82, 2.24) is 4.90 Å². The number of Topliss-reactive ketones (excluding diaryl/α,β-unsaturated/α-hetero) is 1. The quantitative estimate of drug-likeness (QED) is 0.168. The third-order valence-electron chi connectivity index (χ3n) is 5.06. The van der Waals surface area contributed by atoms with Gasteiger partial charge in [0.25, 0.3) is 0 Å². The van der Waals surface area contributed by atoms with Crippen LogP contribution in [0.2, 0.25) is 6.04 Å². The van der Waals surface area contributed by atoms with Gasteiger partial charge in [0.05, 0.1) is 12.2 Å². The minimum Gasteiger partial charge on any atom is -0.548 e. The van der Waals surface area contributed by atoms with E-state index in [0.717, 1.165) is 0 Å². The van der Waals surface area contributed by atoms with Gasteiger partial charge in [-0.05, 0) is 38.7 Å². The fourth-order valence-corrected chi connectivity index (χ4v) is 4.62. The largest absolute Gasteiger partial charge is 1.00 e. The van der Waals surface area contributed by atoms with E-state index in [-0.39, 0.29) is 66.4 Å². The standard InChI is InChI=1S/C19H39N3O7Si.Na/c1-15(20)7-8-16(24)6-4-11-22(18(25)10-9-17(21)19(26)27)12-5-13-30(14-23,28-2)29-3;/h15,17,23H,4-14,20-21H2,1-3H3,(H,26,27);/q;+1/p-1. The Balaban J connectivity index is 0. The number of nitrogens with two attached hydrogens (primary N) is 2. The van der Waals surface area contributed by atoms with Crippen LogP contribution in [-0.4, -0.2) is 81.9 Å². The molecule has 0 bridgehead atoms. The summed E-state index contributed by atoms with van der Waals surface area (Å²) in [6.45, 7) is 2.60. The number of hydrogen-bond acceptors (Lipinski definition) is 9. The molecule has 0 aromatic rings. The average molecular weight is 472 g/mol. The molecule has 0 spiro atoms. The second kappa shape index (κ2) is 18.1. The van der Waals surface area contributed by atoms with E-state index in [0.29, 0.717) is 51.2 Å². The number of ketones is 1. The van der Waals surface area contributed by atoms with Crippen LogP contribution in [0.25, 0.3) is 0 Å². The van der Waals surface area contributed by atoms with Crippen molar-refractivity contribution in [3.05, 3.63) is 0 Å². The van der Waals surface area contributed by atoms with Crippen LogP contribution in [0.15, 0.2) is 0 Å². The van der Waals surface area contributed by atoms with Gasteiger partial charge >= 0.3 is 38.1 Å². The van der Waals surface area contributed by atoms with E-state index in [9.17, 15) is 24.6 Å². The molecule has 0 aromatic heterocycles. The SMILES string of the molecule is CO[Si](CO)(CCCN(CCCC(=O)CCC(C)N)C(=O)CCC(N)C(=O)[O-])OC.[Na+]. The maximum absolute atomic E-state index is 12.6. The van der Waals surface area contributed by atoms with Crippen LogP contribution in [-0.2, 0) is 23.2 Å². The summed E-state index contributed by atoms with van der Waals surface area (Å²) in [5.74, 6) is -1.53. The molecule has 5 N–H and O–H groups in total. The van der Waals surface area contributed by atoms with E-state index in [1.54, 1.807) is 4.90 Å². The van der Waals surface area contributed by atoms with E-state index in [2.05, 4.69) is 0 Å². The monoisotopic (exact) mass is 471 g/mol. The molecular weight excluding hydrogens is 433 g/mol. The number of carbonyl (C=O) groups is 3. The average Bonchev–Trinajstić information content (AvgIpc) is 2.72. The Kier molecular flexibility index (Phi) is 19.2. The zero-order chi connectivity index (χ0) is 23.2. The van der Waals surface area contributed by atoms with E-state index in [1.165, 1.54) is 14.2 Å². The number of aliphatic hydroxyl groups is 1. The fourth-order valence-electron chi connectivity index (χ4n) is 2.93. The third-order valence-corrected chi connectivity index (χ3v) is 8.14. The van der Waals surface area contributed by atoms with Gasteiger partial charge in [-0.15, -0.1) is 0 Å². The van der Waals surface area contributed by atoms with Gasteiger partial charge in [0.2, 0.25) is 5.91 Å². The summed E-state index contributed by atoms with van der Waals surface area (Å²) in [6, 6.07) is -0.740. The van der Waals surface area contributed by atoms with Gasteiger partial charge in [0.15, 0.2) is 0 Å². The van der Waals surface area contributed by atoms with Gasteiger partial charge in [-0.2, -0.15) is 0 Å². The molecule has 0 saturated heterocycles. The topological polar surface area (TPSA) is 168 Å². The van der Waals surface area contributed by atoms with Crippen LogP contribution >= 0.6 is 0 Å². The Morgan fingerprint density at radius 2 is 1.61 bits per heavy atom. The molecule has 0 fully saturated rings. The molecule has 0 rings (SSSR count). The number of carbonyl (C=O) groups excluding carboxylic acids is 3. The predicted octanol–water partition coefficient (Wildman–Crippen LogP) is -4.19. The number of nitrogens with zero attached hydrogens (tertiary/aromatic N) is 1. The Bertz CT molecular complexity index is 528. The van der Waals surface area contributed by atoms with Crippen LogP contribution in [0.4, 0.5) is 0 Å². The summed E-state index contributed by atoms with van der Waals surface area (Å²) in [6.07, 6.45) is 2.21. The Hall–Kier alpha value is -0.373. The number of carboxylic acid groups (broad SMARTS) is 1. The predicted molar refractivity (Wildman–Crippen MR) is 112 cm³/mol. The maximum Gasteiger partial charge on any atom is 1.00 e. The zero-order valence-corrected chi connectivity index (χ0v) is 22.4. The van der Waals surface area contributed by atoms with E-state index >= 15 is 0 Å². The Labute approximate surface area is 208 Å². The van der Waals surface area contributed by atoms with Crippen molar-refractivity contribution in [2.75, 3.05) is 33.5 Å². The second-order valence-corrected chi connectivity index (χ2v) is 11.0. The number of aliphatic hydroxyl groups excluding tert-OH is 1. The molecule has 0 radical (unpaired) electrons. The Morgan fingerprint density at radius 3 is 2.10 bits per heavy atom. The molecular formula is C19H38N3NaO7Si. The molecule has 2 atom stereocenters. The zero-order valence-electron chi connectivity index (χ0n) is 19.4. The summed E-state index contributed by atoms with van der Waals surface area (Å²) in [5, 5.41) is 20.3.